The van der Waals surface area contributed by atoms with Crippen molar-refractivity contribution < 1.29 is 23.7 Å². The smallest absolute Gasteiger partial charge is 0.411 e. The Hall–Kier alpha value is -2.72. The van der Waals surface area contributed by atoms with Crippen LogP contribution in [-0.2, 0) is 15.9 Å². The van der Waals surface area contributed by atoms with Crippen LogP contribution in [0.1, 0.15) is 46.1 Å². The van der Waals surface area contributed by atoms with Crippen molar-refractivity contribution in [2.24, 2.45) is 5.92 Å². The fraction of sp³-hybridized carbons (Fsp3) is 0.565. The lowest BCUT2D eigenvalue weighted by Gasteiger charge is -2.42. The first-order chi connectivity index (χ1) is 14.2. The number of nitriles is 1. The molecule has 1 aromatic rings. The summed E-state index contributed by atoms with van der Waals surface area (Å²) in [6, 6.07) is 7.51. The number of fused-ring (bicyclic) bond motifs is 5. The number of carbonyl (C=O) groups excluding carboxylic acids is 1. The van der Waals surface area contributed by atoms with Crippen LogP contribution < -0.4 is 9.47 Å². The predicted octanol–water partition coefficient (Wildman–Crippen LogP) is 3.92. The van der Waals surface area contributed by atoms with Gasteiger partial charge in [0.2, 0.25) is 5.60 Å². The number of amides is 1. The van der Waals surface area contributed by atoms with Gasteiger partial charge in [-0.1, -0.05) is 13.0 Å². The van der Waals surface area contributed by atoms with E-state index in [1.165, 1.54) is 0 Å². The van der Waals surface area contributed by atoms with Gasteiger partial charge in [0.05, 0.1) is 6.26 Å². The van der Waals surface area contributed by atoms with Crippen molar-refractivity contribution in [3.8, 4) is 17.6 Å². The van der Waals surface area contributed by atoms with Crippen molar-refractivity contribution >= 4 is 6.09 Å². The third-order valence-electron chi connectivity index (χ3n) is 6.58. The number of nitrogens with zero attached hydrogens (tertiary/aromatic N) is 2. The molecule has 30 heavy (non-hydrogen) atoms. The Morgan fingerprint density at radius 2 is 2.13 bits per heavy atom. The van der Waals surface area contributed by atoms with Crippen LogP contribution in [-0.4, -0.2) is 40.1 Å². The average molecular weight is 410 g/mol. The molecule has 0 aliphatic carbocycles. The van der Waals surface area contributed by atoms with Crippen molar-refractivity contribution in [1.82, 2.24) is 4.90 Å². The fourth-order valence-electron chi connectivity index (χ4n) is 5.21. The summed E-state index contributed by atoms with van der Waals surface area (Å²) in [5.41, 5.74) is -0.613. The highest BCUT2D eigenvalue weighted by Crippen LogP contribution is 2.65. The van der Waals surface area contributed by atoms with Gasteiger partial charge in [0.1, 0.15) is 29.2 Å². The van der Waals surface area contributed by atoms with Crippen LogP contribution in [0.25, 0.3) is 0 Å². The van der Waals surface area contributed by atoms with Gasteiger partial charge in [0, 0.05) is 18.0 Å². The zero-order valence-corrected chi connectivity index (χ0v) is 17.7. The first-order valence-corrected chi connectivity index (χ1v) is 10.5. The van der Waals surface area contributed by atoms with Crippen LogP contribution in [0.3, 0.4) is 0 Å². The van der Waals surface area contributed by atoms with Crippen molar-refractivity contribution in [1.29, 1.82) is 5.26 Å². The molecule has 7 heteroatoms. The summed E-state index contributed by atoms with van der Waals surface area (Å²) in [6.45, 7) is 7.50. The van der Waals surface area contributed by atoms with Gasteiger partial charge in [-0.3, -0.25) is 4.90 Å². The number of hydrogen-bond acceptors (Lipinski definition) is 6. The van der Waals surface area contributed by atoms with E-state index in [1.807, 2.05) is 52.0 Å². The average Bonchev–Trinajstić information content (AvgIpc) is 3.17. The van der Waals surface area contributed by atoms with Gasteiger partial charge in [0.25, 0.3) is 5.79 Å². The number of benzene rings is 1. The summed E-state index contributed by atoms with van der Waals surface area (Å²) in [7, 11) is 0. The molecule has 0 N–H and O–H groups in total. The van der Waals surface area contributed by atoms with Gasteiger partial charge in [-0.15, -0.1) is 0 Å². The molecule has 3 saturated heterocycles. The molecule has 0 aromatic heterocycles. The zero-order chi connectivity index (χ0) is 21.3. The molecule has 4 aliphatic rings. The number of carbonyl (C=O) groups is 1. The summed E-state index contributed by atoms with van der Waals surface area (Å²) in [4.78, 5) is 14.8. The number of piperidine rings is 1. The van der Waals surface area contributed by atoms with Crippen molar-refractivity contribution in [3.05, 3.63) is 36.1 Å². The Kier molecular flexibility index (Phi) is 3.94. The summed E-state index contributed by atoms with van der Waals surface area (Å²) in [5, 5.41) is 10.0. The van der Waals surface area contributed by atoms with Crippen molar-refractivity contribution in [2.75, 3.05) is 0 Å². The van der Waals surface area contributed by atoms with Gasteiger partial charge in [-0.2, -0.15) is 5.26 Å². The third-order valence-corrected chi connectivity index (χ3v) is 6.58. The van der Waals surface area contributed by atoms with Crippen molar-refractivity contribution in [2.45, 2.75) is 76.0 Å². The Morgan fingerprint density at radius 3 is 2.87 bits per heavy atom. The normalized spacial score (nSPS) is 35.6. The number of hydrogen-bond donors (Lipinski definition) is 0. The van der Waals surface area contributed by atoms with Gasteiger partial charge in [-0.05, 0) is 57.7 Å². The summed E-state index contributed by atoms with van der Waals surface area (Å²) in [6.07, 6.45) is 5.51. The van der Waals surface area contributed by atoms with E-state index in [9.17, 15) is 10.1 Å². The van der Waals surface area contributed by atoms with Crippen LogP contribution in [0, 0.1) is 17.2 Å². The topological polar surface area (TPSA) is 84.3 Å². The number of ether oxygens (including phenoxy) is 4. The molecule has 158 valence electrons. The van der Waals surface area contributed by atoms with Gasteiger partial charge in [0.15, 0.2) is 0 Å². The van der Waals surface area contributed by atoms with E-state index in [-0.39, 0.29) is 24.1 Å². The first kappa shape index (κ1) is 19.3. The number of allylic oxidation sites excluding steroid dienone is 1. The van der Waals surface area contributed by atoms with E-state index in [1.54, 1.807) is 11.2 Å². The van der Waals surface area contributed by atoms with E-state index < -0.39 is 17.0 Å². The van der Waals surface area contributed by atoms with E-state index in [4.69, 9.17) is 18.9 Å². The molecule has 5 rings (SSSR count). The third kappa shape index (κ3) is 2.56. The standard InChI is InChI=1S/C23H26N2O5/c1-14-17-9-10-19(25(17)20(26)29-21(2,3)4)23(22(14,13-24)30-23)28-16-8-7-15-6-5-11-27-18(15)12-16/h5,7-8,11-12,14,17,19H,6,9-10H2,1-4H3. The van der Waals surface area contributed by atoms with E-state index >= 15 is 0 Å². The SMILES string of the molecule is CC1C2CCC(N2C(=O)OC(C)(C)C)C2(Oc3ccc4c(c3)OC=CC4)OC12C#N. The maximum Gasteiger partial charge on any atom is 0.411 e. The Bertz CT molecular complexity index is 977. The van der Waals surface area contributed by atoms with E-state index in [0.717, 1.165) is 24.2 Å². The minimum atomic E-state index is -1.20. The van der Waals surface area contributed by atoms with Crippen LogP contribution >= 0.6 is 0 Å². The van der Waals surface area contributed by atoms with Crippen LogP contribution in [0.15, 0.2) is 30.5 Å². The molecule has 3 fully saturated rings. The fourth-order valence-corrected chi connectivity index (χ4v) is 5.21. The second-order valence-electron chi connectivity index (χ2n) is 9.52. The molecule has 7 nitrogen and oxygen atoms in total. The Morgan fingerprint density at radius 1 is 1.33 bits per heavy atom. The number of epoxide rings is 1. The van der Waals surface area contributed by atoms with Gasteiger partial charge < -0.3 is 18.9 Å². The maximum absolute atomic E-state index is 13.0. The van der Waals surface area contributed by atoms with E-state index in [0.29, 0.717) is 12.2 Å². The molecule has 4 aliphatic heterocycles. The highest BCUT2D eigenvalue weighted by molar-refractivity contribution is 5.71. The monoisotopic (exact) mass is 410 g/mol. The Balaban J connectivity index is 1.49. The van der Waals surface area contributed by atoms with Gasteiger partial charge >= 0.3 is 6.09 Å². The number of rotatable bonds is 2. The summed E-state index contributed by atoms with van der Waals surface area (Å²) < 4.78 is 23.8. The maximum atomic E-state index is 13.0. The molecular weight excluding hydrogens is 384 g/mol. The molecule has 5 unspecified atom stereocenters. The van der Waals surface area contributed by atoms with Crippen molar-refractivity contribution in [3.63, 3.8) is 0 Å². The largest absolute Gasteiger partial charge is 0.465 e. The quantitative estimate of drug-likeness (QED) is 0.687. The van der Waals surface area contributed by atoms with Crippen LogP contribution in [0.4, 0.5) is 4.79 Å². The zero-order valence-electron chi connectivity index (χ0n) is 17.7. The molecule has 0 saturated carbocycles. The second kappa shape index (κ2) is 6.14. The van der Waals surface area contributed by atoms with Crippen LogP contribution in [0.5, 0.6) is 11.5 Å². The molecule has 0 radical (unpaired) electrons. The first-order valence-electron chi connectivity index (χ1n) is 10.5. The minimum absolute atomic E-state index is 0.110. The van der Waals surface area contributed by atoms with Gasteiger partial charge in [-0.25, -0.2) is 4.79 Å². The summed E-state index contributed by atoms with van der Waals surface area (Å²) >= 11 is 0. The lowest BCUT2D eigenvalue weighted by molar-refractivity contribution is -0.0497. The predicted molar refractivity (Wildman–Crippen MR) is 107 cm³/mol. The molecule has 1 amide bonds. The lowest BCUT2D eigenvalue weighted by Crippen LogP contribution is -2.62. The Labute approximate surface area is 176 Å². The highest BCUT2D eigenvalue weighted by atomic mass is 16.8. The van der Waals surface area contributed by atoms with Crippen LogP contribution in [0.2, 0.25) is 0 Å². The molecule has 4 heterocycles. The molecule has 0 spiro atoms. The highest BCUT2D eigenvalue weighted by Gasteiger charge is 2.86. The second-order valence-corrected chi connectivity index (χ2v) is 9.52. The lowest BCUT2D eigenvalue weighted by atomic mass is 9.80. The minimum Gasteiger partial charge on any atom is -0.465 e. The van der Waals surface area contributed by atoms with E-state index in [2.05, 4.69) is 6.07 Å². The molecule has 2 bridgehead atoms. The molecule has 5 atom stereocenters. The molecule has 1 aromatic carbocycles. The molecular formula is C23H26N2O5. The summed E-state index contributed by atoms with van der Waals surface area (Å²) in [5.74, 6) is -0.121.